The van der Waals surface area contributed by atoms with Crippen LogP contribution in [0.1, 0.15) is 58.3 Å². The Bertz CT molecular complexity index is 662. The van der Waals surface area contributed by atoms with Crippen LogP contribution >= 0.6 is 11.8 Å². The van der Waals surface area contributed by atoms with Gasteiger partial charge in [0.15, 0.2) is 9.84 Å². The number of carbonyl (C=O) groups excluding carboxylic acids is 1. The Hall–Kier alpha value is -0.800. The maximum atomic E-state index is 13.1. The van der Waals surface area contributed by atoms with E-state index in [1.54, 1.807) is 11.8 Å². The summed E-state index contributed by atoms with van der Waals surface area (Å²) in [6.45, 7) is 2.26. The number of rotatable bonds is 5. The first-order chi connectivity index (χ1) is 12.9. The molecule has 4 atom stereocenters. The maximum absolute atomic E-state index is 13.1. The fourth-order valence-electron chi connectivity index (χ4n) is 4.44. The van der Waals surface area contributed by atoms with Crippen LogP contribution in [-0.2, 0) is 14.6 Å². The number of amidine groups is 1. The largest absolute Gasteiger partial charge is 0.387 e. The van der Waals surface area contributed by atoms with E-state index in [2.05, 4.69) is 10.6 Å². The number of amides is 1. The van der Waals surface area contributed by atoms with Gasteiger partial charge in [0.1, 0.15) is 5.37 Å². The molecule has 3 aliphatic rings. The summed E-state index contributed by atoms with van der Waals surface area (Å²) in [7, 11) is -3.17. The van der Waals surface area contributed by atoms with Gasteiger partial charge in [-0.3, -0.25) is 15.1 Å². The lowest BCUT2D eigenvalue weighted by Gasteiger charge is -2.31. The van der Waals surface area contributed by atoms with Crippen molar-refractivity contribution >= 4 is 33.3 Å². The quantitative estimate of drug-likeness (QED) is 0.461. The summed E-state index contributed by atoms with van der Waals surface area (Å²) < 4.78 is 26.3. The van der Waals surface area contributed by atoms with Crippen molar-refractivity contribution in [3.05, 3.63) is 0 Å². The van der Waals surface area contributed by atoms with Crippen LogP contribution in [-0.4, -0.2) is 54.5 Å². The number of nitrogens with zero attached hydrogens (tertiary/aromatic N) is 1. The molecule has 7 nitrogen and oxygen atoms in total. The van der Waals surface area contributed by atoms with Crippen molar-refractivity contribution in [2.24, 2.45) is 16.6 Å². The number of piperidine rings is 1. The minimum Gasteiger partial charge on any atom is -0.387 e. The Morgan fingerprint density at radius 3 is 2.63 bits per heavy atom. The van der Waals surface area contributed by atoms with Crippen molar-refractivity contribution in [1.29, 1.82) is 0 Å². The molecule has 0 aromatic rings. The number of thioether (sulfide) groups is 1. The highest BCUT2D eigenvalue weighted by Crippen LogP contribution is 2.38. The molecular weight excluding hydrogens is 384 g/mol. The summed E-state index contributed by atoms with van der Waals surface area (Å²) in [5.41, 5.74) is 6.31. The second-order valence-corrected chi connectivity index (χ2v) is 11.6. The van der Waals surface area contributed by atoms with Crippen molar-refractivity contribution in [3.63, 3.8) is 0 Å². The number of aliphatic imine (C=N–C) groups is 1. The van der Waals surface area contributed by atoms with Gasteiger partial charge in [0.25, 0.3) is 0 Å². The summed E-state index contributed by atoms with van der Waals surface area (Å²) in [6, 6.07) is 0. The third-order valence-corrected chi connectivity index (χ3v) is 10.1. The van der Waals surface area contributed by atoms with Gasteiger partial charge in [0, 0.05) is 12.8 Å². The molecule has 4 N–H and O–H groups in total. The van der Waals surface area contributed by atoms with Crippen LogP contribution < -0.4 is 16.4 Å². The number of sulfone groups is 1. The Morgan fingerprint density at radius 2 is 1.93 bits per heavy atom. The number of hydrogen-bond acceptors (Lipinski definition) is 6. The third-order valence-electron chi connectivity index (χ3n) is 5.92. The smallest absolute Gasteiger partial charge is 0.218 e. The van der Waals surface area contributed by atoms with E-state index in [0.29, 0.717) is 18.7 Å². The Morgan fingerprint density at radius 1 is 1.19 bits per heavy atom. The highest BCUT2D eigenvalue weighted by atomic mass is 32.2. The van der Waals surface area contributed by atoms with Gasteiger partial charge in [-0.05, 0) is 44.4 Å². The van der Waals surface area contributed by atoms with Crippen LogP contribution in [0.3, 0.4) is 0 Å². The molecule has 154 valence electrons. The van der Waals surface area contributed by atoms with E-state index in [9.17, 15) is 13.2 Å². The summed E-state index contributed by atoms with van der Waals surface area (Å²) in [4.78, 5) is 16.0. The zero-order valence-electron chi connectivity index (χ0n) is 16.0. The summed E-state index contributed by atoms with van der Waals surface area (Å²) in [5, 5.41) is 5.25. The van der Waals surface area contributed by atoms with E-state index in [1.807, 2.05) is 0 Å². The molecular formula is C18H32N4O3S2. The fraction of sp³-hybridized carbons (Fsp3) is 0.889. The maximum Gasteiger partial charge on any atom is 0.218 e. The van der Waals surface area contributed by atoms with Gasteiger partial charge < -0.3 is 11.1 Å². The van der Waals surface area contributed by atoms with Crippen molar-refractivity contribution in [3.8, 4) is 0 Å². The van der Waals surface area contributed by atoms with Gasteiger partial charge >= 0.3 is 0 Å². The van der Waals surface area contributed by atoms with Gasteiger partial charge in [-0.15, -0.1) is 11.8 Å². The molecule has 1 saturated carbocycles. The van der Waals surface area contributed by atoms with E-state index in [4.69, 9.17) is 10.7 Å². The lowest BCUT2D eigenvalue weighted by Crippen LogP contribution is -2.51. The molecule has 4 unspecified atom stereocenters. The molecule has 0 aromatic carbocycles. The molecule has 3 fully saturated rings. The first kappa shape index (κ1) is 20.9. The van der Waals surface area contributed by atoms with E-state index in [-0.39, 0.29) is 28.6 Å². The Balaban J connectivity index is 1.68. The Labute approximate surface area is 166 Å². The predicted molar refractivity (Wildman–Crippen MR) is 110 cm³/mol. The van der Waals surface area contributed by atoms with Gasteiger partial charge in [-0.1, -0.05) is 19.3 Å². The van der Waals surface area contributed by atoms with E-state index in [1.165, 1.54) is 6.92 Å². The second-order valence-electron chi connectivity index (χ2n) is 7.92. The molecule has 2 heterocycles. The minimum absolute atomic E-state index is 0.0716. The van der Waals surface area contributed by atoms with Crippen LogP contribution in [0.5, 0.6) is 0 Å². The van der Waals surface area contributed by atoms with Crippen LogP contribution in [0.15, 0.2) is 4.99 Å². The van der Waals surface area contributed by atoms with Gasteiger partial charge in [-0.25, -0.2) is 8.42 Å². The van der Waals surface area contributed by atoms with Crippen LogP contribution in [0.2, 0.25) is 0 Å². The third kappa shape index (κ3) is 5.17. The second kappa shape index (κ2) is 9.13. The predicted octanol–water partition coefficient (Wildman–Crippen LogP) is 1.38. The molecule has 2 aliphatic heterocycles. The van der Waals surface area contributed by atoms with E-state index < -0.39 is 15.1 Å². The van der Waals surface area contributed by atoms with Crippen molar-refractivity contribution in [2.75, 3.05) is 12.3 Å². The molecule has 9 heteroatoms. The number of hydrogen-bond donors (Lipinski definition) is 3. The molecule has 2 saturated heterocycles. The highest BCUT2D eigenvalue weighted by Gasteiger charge is 2.43. The number of nitrogens with one attached hydrogen (secondary N) is 2. The summed E-state index contributed by atoms with van der Waals surface area (Å²) >= 11 is 1.61. The first-order valence-corrected chi connectivity index (χ1v) is 12.7. The van der Waals surface area contributed by atoms with E-state index >= 15 is 0 Å². The monoisotopic (exact) mass is 416 g/mol. The van der Waals surface area contributed by atoms with Gasteiger partial charge in [0.05, 0.1) is 22.5 Å². The van der Waals surface area contributed by atoms with Crippen molar-refractivity contribution in [2.45, 2.75) is 80.3 Å². The molecule has 0 bridgehead atoms. The Kier molecular flexibility index (Phi) is 7.08. The van der Waals surface area contributed by atoms with Crippen LogP contribution in [0.4, 0.5) is 0 Å². The normalized spacial score (nSPS) is 33.7. The van der Waals surface area contributed by atoms with Crippen LogP contribution in [0, 0.1) is 5.92 Å². The fourth-order valence-corrected chi connectivity index (χ4v) is 8.78. The molecule has 0 spiro atoms. The molecule has 1 aliphatic carbocycles. The van der Waals surface area contributed by atoms with Gasteiger partial charge in [0.2, 0.25) is 5.91 Å². The average Bonchev–Trinajstić information content (AvgIpc) is 3.11. The summed E-state index contributed by atoms with van der Waals surface area (Å²) in [5.74, 6) is 1.35. The highest BCUT2D eigenvalue weighted by molar-refractivity contribution is 8.02. The molecule has 3 rings (SSSR count). The standard InChI is InChI=1S/C18H32N4O3S2/c1-12(23)21-16-11-13(7-9-20-16)17(19)22-18-15(8-10-26-18)27(24,25)14-5-3-2-4-6-14/h13-16,18,20H,2-11H2,1H3,(H2,19,22)(H,21,23). The first-order valence-electron chi connectivity index (χ1n) is 10.1. The van der Waals surface area contributed by atoms with Crippen molar-refractivity contribution < 1.29 is 13.2 Å². The van der Waals surface area contributed by atoms with Crippen molar-refractivity contribution in [1.82, 2.24) is 10.6 Å². The van der Waals surface area contributed by atoms with Crippen LogP contribution in [0.25, 0.3) is 0 Å². The molecule has 27 heavy (non-hydrogen) atoms. The average molecular weight is 417 g/mol. The molecule has 0 radical (unpaired) electrons. The zero-order chi connectivity index (χ0) is 19.4. The number of carbonyl (C=O) groups is 1. The van der Waals surface area contributed by atoms with E-state index in [0.717, 1.165) is 50.8 Å². The van der Waals surface area contributed by atoms with Gasteiger partial charge in [-0.2, -0.15) is 0 Å². The molecule has 0 aromatic heterocycles. The lowest BCUT2D eigenvalue weighted by atomic mass is 9.94. The SMILES string of the molecule is CC(=O)NC1CC(/C(N)=N/C2SCCC2S(=O)(=O)C2CCCCC2)CCN1. The lowest BCUT2D eigenvalue weighted by molar-refractivity contribution is -0.120. The molecule has 1 amide bonds. The summed E-state index contributed by atoms with van der Waals surface area (Å²) in [6.07, 6.45) is 6.86. The topological polar surface area (TPSA) is 114 Å². The minimum atomic E-state index is -3.17. The number of nitrogens with two attached hydrogens (primary N) is 1. The zero-order valence-corrected chi connectivity index (χ0v) is 17.7.